The molecule has 2 nitrogen and oxygen atoms in total. The molecule has 0 N–H and O–H groups in total. The molecule has 0 aliphatic heterocycles. The first-order valence-electron chi connectivity index (χ1n) is 3.28. The Morgan fingerprint density at radius 3 is 2.69 bits per heavy atom. The smallest absolute Gasteiger partial charge is 0.166 e. The van der Waals surface area contributed by atoms with Crippen molar-refractivity contribution in [3.8, 4) is 0 Å². The summed E-state index contributed by atoms with van der Waals surface area (Å²) in [5.41, 5.74) is 0.315. The van der Waals surface area contributed by atoms with Crippen molar-refractivity contribution >= 4 is 35.6 Å². The summed E-state index contributed by atoms with van der Waals surface area (Å²) in [6.45, 7) is 0. The third kappa shape index (κ3) is 2.50. The third-order valence-electron chi connectivity index (χ3n) is 1.27. The standard InChI is InChI=1S/C8H4Cl2FNO/c9-7-5(2-1-3-13)4-6(11)8(10)12-7/h1-4H/b2-1+. The highest BCUT2D eigenvalue weighted by molar-refractivity contribution is 6.33. The minimum Gasteiger partial charge on any atom is -0.299 e. The van der Waals surface area contributed by atoms with Crippen molar-refractivity contribution in [1.82, 2.24) is 4.98 Å². The van der Waals surface area contributed by atoms with Crippen molar-refractivity contribution in [1.29, 1.82) is 0 Å². The van der Waals surface area contributed by atoms with Gasteiger partial charge in [-0.15, -0.1) is 0 Å². The highest BCUT2D eigenvalue weighted by Crippen LogP contribution is 2.20. The second-order valence-electron chi connectivity index (χ2n) is 2.14. The Bertz CT molecular complexity index is 365. The molecule has 0 saturated heterocycles. The Labute approximate surface area is 84.0 Å². The van der Waals surface area contributed by atoms with Gasteiger partial charge in [-0.2, -0.15) is 0 Å². The molecule has 0 atom stereocenters. The molecule has 68 valence electrons. The molecule has 13 heavy (non-hydrogen) atoms. The number of aromatic nitrogens is 1. The lowest BCUT2D eigenvalue weighted by molar-refractivity contribution is -0.104. The minimum atomic E-state index is -0.670. The van der Waals surface area contributed by atoms with Crippen LogP contribution in [-0.4, -0.2) is 11.3 Å². The lowest BCUT2D eigenvalue weighted by Crippen LogP contribution is -1.87. The predicted octanol–water partition coefficient (Wildman–Crippen LogP) is 2.74. The molecule has 0 aliphatic rings. The SMILES string of the molecule is O=C/C=C/c1cc(F)c(Cl)nc1Cl. The van der Waals surface area contributed by atoms with Crippen molar-refractivity contribution in [2.75, 3.05) is 0 Å². The molecule has 0 spiro atoms. The van der Waals surface area contributed by atoms with E-state index in [1.807, 2.05) is 0 Å². The first-order chi connectivity index (χ1) is 6.15. The topological polar surface area (TPSA) is 30.0 Å². The number of carbonyl (C=O) groups is 1. The molecule has 5 heteroatoms. The van der Waals surface area contributed by atoms with E-state index in [1.165, 1.54) is 12.2 Å². The number of nitrogens with zero attached hydrogens (tertiary/aromatic N) is 1. The van der Waals surface area contributed by atoms with Crippen LogP contribution in [0.5, 0.6) is 0 Å². The van der Waals surface area contributed by atoms with Crippen molar-refractivity contribution < 1.29 is 9.18 Å². The number of allylic oxidation sites excluding steroid dienone is 1. The molecule has 1 rings (SSSR count). The van der Waals surface area contributed by atoms with Crippen molar-refractivity contribution in [2.24, 2.45) is 0 Å². The molecule has 0 radical (unpaired) electrons. The molecular formula is C8H4Cl2FNO. The van der Waals surface area contributed by atoms with Gasteiger partial charge in [-0.3, -0.25) is 4.79 Å². The van der Waals surface area contributed by atoms with Crippen LogP contribution in [0.1, 0.15) is 5.56 Å². The van der Waals surface area contributed by atoms with Crippen molar-refractivity contribution in [3.63, 3.8) is 0 Å². The summed E-state index contributed by atoms with van der Waals surface area (Å²) in [7, 11) is 0. The lowest BCUT2D eigenvalue weighted by atomic mass is 10.2. The van der Waals surface area contributed by atoms with Gasteiger partial charge in [0.2, 0.25) is 0 Å². The number of hydrogen-bond donors (Lipinski definition) is 0. The number of aldehydes is 1. The first kappa shape index (κ1) is 10.2. The maximum atomic E-state index is 12.8. The van der Waals surface area contributed by atoms with E-state index in [4.69, 9.17) is 23.2 Å². The normalized spacial score (nSPS) is 10.7. The molecule has 0 aliphatic carbocycles. The first-order valence-corrected chi connectivity index (χ1v) is 4.04. The van der Waals surface area contributed by atoms with Crippen LogP contribution >= 0.6 is 23.2 Å². The Morgan fingerprint density at radius 2 is 2.08 bits per heavy atom. The number of rotatable bonds is 2. The van der Waals surface area contributed by atoms with Crippen LogP contribution in [-0.2, 0) is 4.79 Å². The van der Waals surface area contributed by atoms with Crippen LogP contribution in [0.3, 0.4) is 0 Å². The molecule has 0 unspecified atom stereocenters. The lowest BCUT2D eigenvalue weighted by Gasteiger charge is -1.98. The average molecular weight is 220 g/mol. The van der Waals surface area contributed by atoms with Gasteiger partial charge in [0, 0.05) is 5.56 Å². The van der Waals surface area contributed by atoms with Crippen LogP contribution in [0.15, 0.2) is 12.1 Å². The summed E-state index contributed by atoms with van der Waals surface area (Å²) in [5, 5.41) is -0.224. The van der Waals surface area contributed by atoms with E-state index in [9.17, 15) is 9.18 Å². The highest BCUT2D eigenvalue weighted by Gasteiger charge is 2.05. The summed E-state index contributed by atoms with van der Waals surface area (Å²) in [5.74, 6) is -0.670. The van der Waals surface area contributed by atoms with Gasteiger partial charge in [-0.25, -0.2) is 9.37 Å². The number of carbonyl (C=O) groups excluding carboxylic acids is 1. The Balaban J connectivity index is 3.15. The van der Waals surface area contributed by atoms with Crippen molar-refractivity contribution in [3.05, 3.63) is 33.8 Å². The minimum absolute atomic E-state index is 0.0597. The van der Waals surface area contributed by atoms with E-state index in [2.05, 4.69) is 4.98 Å². The summed E-state index contributed by atoms with van der Waals surface area (Å²) in [4.78, 5) is 13.5. The molecule has 0 bridgehead atoms. The Hall–Kier alpha value is -0.930. The second kappa shape index (κ2) is 4.35. The van der Waals surface area contributed by atoms with Crippen molar-refractivity contribution in [2.45, 2.75) is 0 Å². The summed E-state index contributed by atoms with van der Waals surface area (Å²) in [6.07, 6.45) is 3.10. The van der Waals surface area contributed by atoms with Crippen LogP contribution < -0.4 is 0 Å². The number of hydrogen-bond acceptors (Lipinski definition) is 2. The molecular weight excluding hydrogens is 216 g/mol. The van der Waals surface area contributed by atoms with Gasteiger partial charge in [-0.1, -0.05) is 23.2 Å². The highest BCUT2D eigenvalue weighted by atomic mass is 35.5. The summed E-state index contributed by atoms with van der Waals surface area (Å²) in [6, 6.07) is 1.11. The zero-order valence-corrected chi connectivity index (χ0v) is 7.81. The van der Waals surface area contributed by atoms with Gasteiger partial charge in [0.25, 0.3) is 0 Å². The van der Waals surface area contributed by atoms with Crippen LogP contribution in [0.25, 0.3) is 6.08 Å². The van der Waals surface area contributed by atoms with Crippen LogP contribution in [0, 0.1) is 5.82 Å². The van der Waals surface area contributed by atoms with Gasteiger partial charge in [0.05, 0.1) is 0 Å². The van der Waals surface area contributed by atoms with Gasteiger partial charge in [0.1, 0.15) is 11.4 Å². The van der Waals surface area contributed by atoms with Gasteiger partial charge in [-0.05, 0) is 18.2 Å². The zero-order chi connectivity index (χ0) is 9.84. The Kier molecular flexibility index (Phi) is 3.39. The number of pyridine rings is 1. The van der Waals surface area contributed by atoms with Gasteiger partial charge in [0.15, 0.2) is 11.0 Å². The Morgan fingerprint density at radius 1 is 1.38 bits per heavy atom. The summed E-state index contributed by atoms with van der Waals surface area (Å²) >= 11 is 11.0. The third-order valence-corrected chi connectivity index (χ3v) is 1.84. The quantitative estimate of drug-likeness (QED) is 0.435. The van der Waals surface area contributed by atoms with Gasteiger partial charge >= 0.3 is 0 Å². The fraction of sp³-hybridized carbons (Fsp3) is 0. The van der Waals surface area contributed by atoms with Gasteiger partial charge < -0.3 is 0 Å². The van der Waals surface area contributed by atoms with E-state index in [-0.39, 0.29) is 10.3 Å². The molecule has 0 aromatic carbocycles. The average Bonchev–Trinajstić information content (AvgIpc) is 2.09. The fourth-order valence-electron chi connectivity index (χ4n) is 0.720. The van der Waals surface area contributed by atoms with Crippen LogP contribution in [0.4, 0.5) is 4.39 Å². The molecule has 0 amide bonds. The van der Waals surface area contributed by atoms with E-state index >= 15 is 0 Å². The molecule has 1 aromatic heterocycles. The molecule has 1 heterocycles. The maximum Gasteiger partial charge on any atom is 0.166 e. The monoisotopic (exact) mass is 219 g/mol. The fourth-order valence-corrected chi connectivity index (χ4v) is 1.10. The molecule has 0 saturated carbocycles. The second-order valence-corrected chi connectivity index (χ2v) is 2.85. The van der Waals surface area contributed by atoms with E-state index in [0.29, 0.717) is 11.8 Å². The zero-order valence-electron chi connectivity index (χ0n) is 6.30. The molecule has 1 aromatic rings. The van der Waals surface area contributed by atoms with E-state index in [0.717, 1.165) is 6.07 Å². The summed E-state index contributed by atoms with van der Waals surface area (Å²) < 4.78 is 12.8. The molecule has 0 fully saturated rings. The van der Waals surface area contributed by atoms with E-state index < -0.39 is 5.82 Å². The number of halogens is 3. The van der Waals surface area contributed by atoms with E-state index in [1.54, 1.807) is 0 Å². The maximum absolute atomic E-state index is 12.8. The predicted molar refractivity (Wildman–Crippen MR) is 49.3 cm³/mol. The van der Waals surface area contributed by atoms with Crippen LogP contribution in [0.2, 0.25) is 10.3 Å². The largest absolute Gasteiger partial charge is 0.299 e.